The molecule has 1 N–H and O–H groups in total. The third kappa shape index (κ3) is 2.00. The number of ether oxygens (including phenoxy) is 1. The number of rotatable bonds is 2. The second-order valence-corrected chi connectivity index (χ2v) is 4.96. The second kappa shape index (κ2) is 4.46. The van der Waals surface area contributed by atoms with Gasteiger partial charge in [0.05, 0.1) is 18.4 Å². The van der Waals surface area contributed by atoms with Crippen molar-refractivity contribution in [1.29, 1.82) is 5.26 Å². The van der Waals surface area contributed by atoms with E-state index in [2.05, 4.69) is 11.1 Å². The van der Waals surface area contributed by atoms with Crippen LogP contribution in [0.1, 0.15) is 19.4 Å². The number of methoxy groups -OCH3 is 1. The van der Waals surface area contributed by atoms with Crippen molar-refractivity contribution in [2.75, 3.05) is 25.1 Å². The zero-order valence-corrected chi connectivity index (χ0v) is 10.8. The first-order chi connectivity index (χ1) is 8.49. The number of hydrogen-bond donors (Lipinski definition) is 1. The molecule has 0 aromatic carbocycles. The molecule has 0 amide bonds. The minimum atomic E-state index is -0.733. The summed E-state index contributed by atoms with van der Waals surface area (Å²) in [7, 11) is 1.50. The second-order valence-electron chi connectivity index (χ2n) is 4.96. The topological polar surface area (TPSA) is 69.4 Å². The Bertz CT molecular complexity index is 493. The summed E-state index contributed by atoms with van der Waals surface area (Å²) in [6, 6.07) is 3.91. The van der Waals surface area contributed by atoms with Gasteiger partial charge in [0.2, 0.25) is 5.88 Å². The number of nitrogens with zero attached hydrogens (tertiary/aromatic N) is 3. The Hall–Kier alpha value is -1.80. The van der Waals surface area contributed by atoms with Gasteiger partial charge in [0.15, 0.2) is 0 Å². The molecule has 18 heavy (non-hydrogen) atoms. The fraction of sp³-hybridized carbons (Fsp3) is 0.538. The average Bonchev–Trinajstić information content (AvgIpc) is 2.62. The van der Waals surface area contributed by atoms with Crippen LogP contribution >= 0.6 is 0 Å². The lowest BCUT2D eigenvalue weighted by Gasteiger charge is -2.22. The molecule has 1 aliphatic heterocycles. The summed E-state index contributed by atoms with van der Waals surface area (Å²) in [6.45, 7) is 5.05. The van der Waals surface area contributed by atoms with Crippen LogP contribution in [0.5, 0.6) is 5.88 Å². The van der Waals surface area contributed by atoms with Gasteiger partial charge in [-0.1, -0.05) is 6.92 Å². The fourth-order valence-electron chi connectivity index (χ4n) is 2.27. The number of β-amino-alcohol motifs (C(OH)–C–C–N with tert-alkyl or cyclic N) is 1. The van der Waals surface area contributed by atoms with Crippen LogP contribution in [0.4, 0.5) is 5.69 Å². The Morgan fingerprint density at radius 2 is 2.39 bits per heavy atom. The van der Waals surface area contributed by atoms with Crippen molar-refractivity contribution in [1.82, 2.24) is 4.98 Å². The van der Waals surface area contributed by atoms with Crippen molar-refractivity contribution in [3.63, 3.8) is 0 Å². The molecule has 1 saturated heterocycles. The van der Waals surface area contributed by atoms with E-state index in [4.69, 9.17) is 4.74 Å². The van der Waals surface area contributed by atoms with Gasteiger partial charge in [-0.15, -0.1) is 0 Å². The molecule has 5 heteroatoms. The number of nitriles is 1. The first-order valence-electron chi connectivity index (χ1n) is 5.90. The third-order valence-corrected chi connectivity index (χ3v) is 3.61. The lowest BCUT2D eigenvalue weighted by molar-refractivity contribution is 0.0443. The summed E-state index contributed by atoms with van der Waals surface area (Å²) in [5, 5.41) is 19.4. The summed E-state index contributed by atoms with van der Waals surface area (Å²) < 4.78 is 5.09. The smallest absolute Gasteiger partial charge is 0.233 e. The van der Waals surface area contributed by atoms with Gasteiger partial charge in [-0.25, -0.2) is 4.98 Å². The van der Waals surface area contributed by atoms with Crippen LogP contribution in [0, 0.1) is 17.2 Å². The van der Waals surface area contributed by atoms with Crippen molar-refractivity contribution >= 4 is 5.69 Å². The molecule has 96 valence electrons. The van der Waals surface area contributed by atoms with Crippen LogP contribution in [0.2, 0.25) is 0 Å². The first-order valence-corrected chi connectivity index (χ1v) is 5.90. The molecule has 2 atom stereocenters. The van der Waals surface area contributed by atoms with Gasteiger partial charge >= 0.3 is 0 Å². The van der Waals surface area contributed by atoms with Gasteiger partial charge in [0.25, 0.3) is 0 Å². The van der Waals surface area contributed by atoms with E-state index >= 15 is 0 Å². The molecule has 1 aliphatic rings. The molecular formula is C13H17N3O2. The van der Waals surface area contributed by atoms with E-state index in [0.29, 0.717) is 18.0 Å². The predicted octanol–water partition coefficient (Wildman–Crippen LogP) is 1.17. The van der Waals surface area contributed by atoms with Crippen LogP contribution in [0.25, 0.3) is 0 Å². The molecule has 1 fully saturated rings. The molecular weight excluding hydrogens is 230 g/mol. The SMILES string of the molecule is COc1nccc(N2C[C@H](C)[C@](C)(O)C2)c1C#N. The van der Waals surface area contributed by atoms with Crippen LogP contribution in [-0.4, -0.2) is 35.9 Å². The Morgan fingerprint density at radius 1 is 1.67 bits per heavy atom. The van der Waals surface area contributed by atoms with E-state index in [1.807, 2.05) is 18.7 Å². The van der Waals surface area contributed by atoms with E-state index < -0.39 is 5.60 Å². The summed E-state index contributed by atoms with van der Waals surface area (Å²) in [5.74, 6) is 0.484. The molecule has 0 spiro atoms. The van der Waals surface area contributed by atoms with Crippen LogP contribution in [0.3, 0.4) is 0 Å². The fourth-order valence-corrected chi connectivity index (χ4v) is 2.27. The van der Waals surface area contributed by atoms with E-state index in [0.717, 1.165) is 12.2 Å². The maximum absolute atomic E-state index is 10.2. The van der Waals surface area contributed by atoms with Crippen molar-refractivity contribution in [2.45, 2.75) is 19.4 Å². The van der Waals surface area contributed by atoms with Crippen molar-refractivity contribution < 1.29 is 9.84 Å². The molecule has 0 radical (unpaired) electrons. The number of anilines is 1. The molecule has 2 heterocycles. The van der Waals surface area contributed by atoms with Gasteiger partial charge in [-0.05, 0) is 13.0 Å². The average molecular weight is 247 g/mol. The number of aliphatic hydroxyl groups is 1. The number of aromatic nitrogens is 1. The third-order valence-electron chi connectivity index (χ3n) is 3.61. The predicted molar refractivity (Wildman–Crippen MR) is 67.5 cm³/mol. The molecule has 0 bridgehead atoms. The monoisotopic (exact) mass is 247 g/mol. The number of pyridine rings is 1. The van der Waals surface area contributed by atoms with E-state index in [1.165, 1.54) is 7.11 Å². The molecule has 1 aromatic heterocycles. The highest BCUT2D eigenvalue weighted by Gasteiger charge is 2.39. The minimum Gasteiger partial charge on any atom is -0.480 e. The maximum atomic E-state index is 10.2. The van der Waals surface area contributed by atoms with Gasteiger partial charge in [-0.3, -0.25) is 0 Å². The molecule has 5 nitrogen and oxygen atoms in total. The highest BCUT2D eigenvalue weighted by Crippen LogP contribution is 2.34. The first kappa shape index (κ1) is 12.7. The van der Waals surface area contributed by atoms with Gasteiger partial charge in [0.1, 0.15) is 11.6 Å². The van der Waals surface area contributed by atoms with E-state index in [-0.39, 0.29) is 5.92 Å². The number of hydrogen-bond acceptors (Lipinski definition) is 5. The quantitative estimate of drug-likeness (QED) is 0.849. The van der Waals surface area contributed by atoms with E-state index in [1.54, 1.807) is 12.3 Å². The van der Waals surface area contributed by atoms with Crippen molar-refractivity contribution in [3.8, 4) is 11.9 Å². The summed E-state index contributed by atoms with van der Waals surface area (Å²) in [5.41, 5.74) is 0.460. The van der Waals surface area contributed by atoms with Crippen LogP contribution in [0.15, 0.2) is 12.3 Å². The Morgan fingerprint density at radius 3 is 2.89 bits per heavy atom. The van der Waals surface area contributed by atoms with E-state index in [9.17, 15) is 10.4 Å². The lowest BCUT2D eigenvalue weighted by Crippen LogP contribution is -2.33. The molecule has 2 rings (SSSR count). The van der Waals surface area contributed by atoms with Crippen LogP contribution in [-0.2, 0) is 0 Å². The van der Waals surface area contributed by atoms with Crippen LogP contribution < -0.4 is 9.64 Å². The Labute approximate surface area is 107 Å². The summed E-state index contributed by atoms with van der Waals surface area (Å²) in [6.07, 6.45) is 1.62. The largest absolute Gasteiger partial charge is 0.480 e. The highest BCUT2D eigenvalue weighted by molar-refractivity contribution is 5.63. The van der Waals surface area contributed by atoms with Gasteiger partial charge in [-0.2, -0.15) is 5.26 Å². The maximum Gasteiger partial charge on any atom is 0.233 e. The minimum absolute atomic E-state index is 0.156. The zero-order valence-electron chi connectivity index (χ0n) is 10.8. The molecule has 0 unspecified atom stereocenters. The van der Waals surface area contributed by atoms with Crippen molar-refractivity contribution in [3.05, 3.63) is 17.8 Å². The lowest BCUT2D eigenvalue weighted by atomic mass is 9.95. The normalized spacial score (nSPS) is 27.1. The van der Waals surface area contributed by atoms with Gasteiger partial charge < -0.3 is 14.7 Å². The molecule has 1 aromatic rings. The highest BCUT2D eigenvalue weighted by atomic mass is 16.5. The Kier molecular flexibility index (Phi) is 3.14. The summed E-state index contributed by atoms with van der Waals surface area (Å²) in [4.78, 5) is 6.03. The van der Waals surface area contributed by atoms with Gasteiger partial charge in [0, 0.05) is 25.2 Å². The molecule has 0 aliphatic carbocycles. The van der Waals surface area contributed by atoms with Crippen molar-refractivity contribution in [2.24, 2.45) is 5.92 Å². The standard InChI is InChI=1S/C13H17N3O2/c1-9-7-16(8-13(9,2)17)11-4-5-15-12(18-3)10(11)6-14/h4-5,9,17H,7-8H2,1-3H3/t9-,13+/m0/s1. The molecule has 0 saturated carbocycles. The zero-order chi connectivity index (χ0) is 13.3. The summed E-state index contributed by atoms with van der Waals surface area (Å²) >= 11 is 0. The Balaban J connectivity index is 2.39.